The predicted molar refractivity (Wildman–Crippen MR) is 59.2 cm³/mol. The molecule has 0 heterocycles. The number of benzene rings is 1. The van der Waals surface area contributed by atoms with Crippen LogP contribution in [0.15, 0.2) is 6.07 Å². The molecule has 1 aromatic rings. The fourth-order valence-electron chi connectivity index (χ4n) is 2.21. The Bertz CT molecular complexity index is 362. The van der Waals surface area contributed by atoms with Gasteiger partial charge in [0.05, 0.1) is 7.11 Å². The van der Waals surface area contributed by atoms with Crippen molar-refractivity contribution in [2.24, 2.45) is 0 Å². The topological polar surface area (TPSA) is 9.23 Å². The van der Waals surface area contributed by atoms with E-state index < -0.39 is 0 Å². The predicted octanol–water partition coefficient (Wildman–Crippen LogP) is 3.50. The molecule has 1 nitrogen and oxygen atoms in total. The summed E-state index contributed by atoms with van der Waals surface area (Å²) in [6.07, 6.45) is 2.67. The van der Waals surface area contributed by atoms with Crippen molar-refractivity contribution in [3.63, 3.8) is 0 Å². The molecular weight excluding hydrogens is 172 g/mol. The lowest BCUT2D eigenvalue weighted by Gasteiger charge is -2.16. The Balaban J connectivity index is 2.60. The smallest absolute Gasteiger partial charge is 0.125 e. The molecule has 0 N–H and O–H groups in total. The van der Waals surface area contributed by atoms with Gasteiger partial charge in [-0.15, -0.1) is 0 Å². The zero-order chi connectivity index (χ0) is 10.3. The molecule has 76 valence electrons. The highest BCUT2D eigenvalue weighted by molar-refractivity contribution is 5.52. The molecule has 1 aliphatic carbocycles. The van der Waals surface area contributed by atoms with Gasteiger partial charge in [-0.3, -0.25) is 0 Å². The van der Waals surface area contributed by atoms with E-state index in [0.29, 0.717) is 0 Å². The first-order chi connectivity index (χ1) is 6.65. The van der Waals surface area contributed by atoms with E-state index in [0.717, 1.165) is 11.7 Å². The molecule has 0 aromatic heterocycles. The lowest BCUT2D eigenvalue weighted by atomic mass is 9.96. The molecule has 0 amide bonds. The summed E-state index contributed by atoms with van der Waals surface area (Å²) < 4.78 is 5.54. The summed E-state index contributed by atoms with van der Waals surface area (Å²) >= 11 is 0. The van der Waals surface area contributed by atoms with Gasteiger partial charge in [0.25, 0.3) is 0 Å². The van der Waals surface area contributed by atoms with Gasteiger partial charge < -0.3 is 4.74 Å². The largest absolute Gasteiger partial charge is 0.496 e. The molecule has 1 saturated carbocycles. The molecule has 0 spiro atoms. The average Bonchev–Trinajstić information content (AvgIpc) is 2.94. The maximum atomic E-state index is 5.54. The highest BCUT2D eigenvalue weighted by Gasteiger charge is 2.29. The van der Waals surface area contributed by atoms with Gasteiger partial charge in [0.15, 0.2) is 0 Å². The molecule has 1 fully saturated rings. The van der Waals surface area contributed by atoms with Gasteiger partial charge in [0.2, 0.25) is 0 Å². The van der Waals surface area contributed by atoms with Crippen LogP contribution in [-0.2, 0) is 0 Å². The number of aryl methyl sites for hydroxylation is 2. The monoisotopic (exact) mass is 190 g/mol. The second kappa shape index (κ2) is 3.30. The first-order valence-corrected chi connectivity index (χ1v) is 5.29. The number of hydrogen-bond donors (Lipinski definition) is 0. The molecule has 0 unspecified atom stereocenters. The molecule has 0 saturated heterocycles. The standard InChI is InChI=1S/C13H18O/c1-8-7-9(2)12(11-5-6-11)13(14-4)10(8)3/h7,11H,5-6H2,1-4H3. The average molecular weight is 190 g/mol. The van der Waals surface area contributed by atoms with E-state index in [1.807, 2.05) is 0 Å². The second-order valence-corrected chi connectivity index (χ2v) is 4.36. The van der Waals surface area contributed by atoms with E-state index in [1.165, 1.54) is 35.1 Å². The van der Waals surface area contributed by atoms with Crippen molar-refractivity contribution in [1.82, 2.24) is 0 Å². The number of ether oxygens (including phenoxy) is 1. The van der Waals surface area contributed by atoms with Crippen LogP contribution in [0.1, 0.15) is 41.0 Å². The van der Waals surface area contributed by atoms with Crippen molar-refractivity contribution >= 4 is 0 Å². The molecule has 1 aliphatic rings. The SMILES string of the molecule is COc1c(C)c(C)cc(C)c1C1CC1. The van der Waals surface area contributed by atoms with Crippen molar-refractivity contribution in [2.45, 2.75) is 39.5 Å². The number of methoxy groups -OCH3 is 1. The fourth-order valence-corrected chi connectivity index (χ4v) is 2.21. The minimum Gasteiger partial charge on any atom is -0.496 e. The van der Waals surface area contributed by atoms with Crippen LogP contribution < -0.4 is 4.74 Å². The zero-order valence-electron chi connectivity index (χ0n) is 9.48. The van der Waals surface area contributed by atoms with Crippen LogP contribution in [0.25, 0.3) is 0 Å². The second-order valence-electron chi connectivity index (χ2n) is 4.36. The summed E-state index contributed by atoms with van der Waals surface area (Å²) in [7, 11) is 1.78. The van der Waals surface area contributed by atoms with Gasteiger partial charge >= 0.3 is 0 Å². The van der Waals surface area contributed by atoms with Crippen molar-refractivity contribution in [2.75, 3.05) is 7.11 Å². The molecule has 1 heteroatoms. The Hall–Kier alpha value is -0.980. The molecule has 0 bridgehead atoms. The van der Waals surface area contributed by atoms with Crippen molar-refractivity contribution in [1.29, 1.82) is 0 Å². The van der Waals surface area contributed by atoms with E-state index in [1.54, 1.807) is 7.11 Å². The summed E-state index contributed by atoms with van der Waals surface area (Å²) in [6.45, 7) is 6.50. The van der Waals surface area contributed by atoms with Crippen LogP contribution in [0.5, 0.6) is 5.75 Å². The maximum absolute atomic E-state index is 5.54. The Morgan fingerprint density at radius 3 is 2.29 bits per heavy atom. The van der Waals surface area contributed by atoms with E-state index in [9.17, 15) is 0 Å². The minimum atomic E-state index is 0.768. The third kappa shape index (κ3) is 1.41. The summed E-state index contributed by atoms with van der Waals surface area (Å²) in [5.41, 5.74) is 5.49. The van der Waals surface area contributed by atoms with Crippen LogP contribution in [0.4, 0.5) is 0 Å². The van der Waals surface area contributed by atoms with E-state index in [-0.39, 0.29) is 0 Å². The Kier molecular flexibility index (Phi) is 2.26. The first kappa shape index (κ1) is 9.57. The Labute approximate surface area is 86.1 Å². The molecular formula is C13H18O. The van der Waals surface area contributed by atoms with Crippen molar-refractivity contribution < 1.29 is 4.74 Å². The lowest BCUT2D eigenvalue weighted by molar-refractivity contribution is 0.405. The normalized spacial score (nSPS) is 15.7. The maximum Gasteiger partial charge on any atom is 0.125 e. The highest BCUT2D eigenvalue weighted by Crippen LogP contribution is 2.47. The summed E-state index contributed by atoms with van der Waals surface area (Å²) in [5.74, 6) is 1.90. The third-order valence-corrected chi connectivity index (χ3v) is 3.22. The van der Waals surface area contributed by atoms with E-state index in [4.69, 9.17) is 4.74 Å². The third-order valence-electron chi connectivity index (χ3n) is 3.22. The van der Waals surface area contributed by atoms with Gasteiger partial charge in [-0.25, -0.2) is 0 Å². The van der Waals surface area contributed by atoms with E-state index in [2.05, 4.69) is 26.8 Å². The molecule has 0 aliphatic heterocycles. The zero-order valence-corrected chi connectivity index (χ0v) is 9.48. The van der Waals surface area contributed by atoms with Crippen LogP contribution in [-0.4, -0.2) is 7.11 Å². The molecule has 1 aromatic carbocycles. The fraction of sp³-hybridized carbons (Fsp3) is 0.538. The molecule has 0 radical (unpaired) electrons. The van der Waals surface area contributed by atoms with Crippen LogP contribution in [0.2, 0.25) is 0 Å². The molecule has 0 atom stereocenters. The summed E-state index contributed by atoms with van der Waals surface area (Å²) in [5, 5.41) is 0. The minimum absolute atomic E-state index is 0.768. The van der Waals surface area contributed by atoms with Crippen molar-refractivity contribution in [3.8, 4) is 5.75 Å². The van der Waals surface area contributed by atoms with E-state index >= 15 is 0 Å². The molecule has 14 heavy (non-hydrogen) atoms. The van der Waals surface area contributed by atoms with Gasteiger partial charge in [0, 0.05) is 5.56 Å². The van der Waals surface area contributed by atoms with Crippen molar-refractivity contribution in [3.05, 3.63) is 28.3 Å². The van der Waals surface area contributed by atoms with Gasteiger partial charge in [0.1, 0.15) is 5.75 Å². The lowest BCUT2D eigenvalue weighted by Crippen LogP contribution is -1.98. The van der Waals surface area contributed by atoms with Crippen LogP contribution in [0, 0.1) is 20.8 Å². The number of hydrogen-bond acceptors (Lipinski definition) is 1. The summed E-state index contributed by atoms with van der Waals surface area (Å²) in [4.78, 5) is 0. The van der Waals surface area contributed by atoms with Gasteiger partial charge in [-0.1, -0.05) is 6.07 Å². The van der Waals surface area contributed by atoms with Crippen LogP contribution in [0.3, 0.4) is 0 Å². The Morgan fingerprint density at radius 2 is 1.79 bits per heavy atom. The highest BCUT2D eigenvalue weighted by atomic mass is 16.5. The summed E-state index contributed by atoms with van der Waals surface area (Å²) in [6, 6.07) is 2.28. The van der Waals surface area contributed by atoms with Gasteiger partial charge in [-0.05, 0) is 56.2 Å². The van der Waals surface area contributed by atoms with Gasteiger partial charge in [-0.2, -0.15) is 0 Å². The first-order valence-electron chi connectivity index (χ1n) is 5.29. The van der Waals surface area contributed by atoms with Crippen LogP contribution >= 0.6 is 0 Å². The molecule has 2 rings (SSSR count). The number of rotatable bonds is 2. The quantitative estimate of drug-likeness (QED) is 0.693. The Morgan fingerprint density at radius 1 is 1.14 bits per heavy atom.